The van der Waals surface area contributed by atoms with E-state index in [0.717, 1.165) is 16.0 Å². The lowest BCUT2D eigenvalue weighted by Gasteiger charge is -2.21. The van der Waals surface area contributed by atoms with E-state index in [0.29, 0.717) is 17.7 Å². The summed E-state index contributed by atoms with van der Waals surface area (Å²) in [4.78, 5) is 39.8. The number of rotatable bonds is 4. The molecule has 0 aliphatic carbocycles. The van der Waals surface area contributed by atoms with E-state index in [1.807, 2.05) is 26.0 Å². The van der Waals surface area contributed by atoms with Crippen LogP contribution in [0, 0.1) is 13.8 Å². The highest BCUT2D eigenvalue weighted by Gasteiger charge is 2.36. The van der Waals surface area contributed by atoms with E-state index in [9.17, 15) is 14.4 Å². The molecule has 0 atom stereocenters. The summed E-state index contributed by atoms with van der Waals surface area (Å²) in [5.41, 5.74) is 4.04. The molecule has 0 bridgehead atoms. The Hall–Kier alpha value is -2.95. The lowest BCUT2D eigenvalue weighted by atomic mass is 10.1. The van der Waals surface area contributed by atoms with Crippen molar-refractivity contribution in [3.8, 4) is 0 Å². The zero-order chi connectivity index (χ0) is 18.1. The molecule has 0 fully saturated rings. The van der Waals surface area contributed by atoms with Crippen molar-refractivity contribution in [3.05, 3.63) is 70.3 Å². The maximum absolute atomic E-state index is 12.5. The second-order valence-corrected chi connectivity index (χ2v) is 6.42. The van der Waals surface area contributed by atoms with Crippen LogP contribution in [0.5, 0.6) is 0 Å². The third kappa shape index (κ3) is 3.18. The van der Waals surface area contributed by atoms with E-state index in [1.54, 1.807) is 36.2 Å². The number of carbonyl (C=O) groups is 3. The van der Waals surface area contributed by atoms with Crippen LogP contribution in [0.3, 0.4) is 0 Å². The normalized spacial score (nSPS) is 13.2. The summed E-state index contributed by atoms with van der Waals surface area (Å²) in [6.07, 6.45) is 0. The Morgan fingerprint density at radius 3 is 2.16 bits per heavy atom. The lowest BCUT2D eigenvalue weighted by molar-refractivity contribution is -0.130. The number of likely N-dealkylation sites (N-methyl/N-ethyl adjacent to an activating group) is 1. The molecule has 0 saturated carbocycles. The van der Waals surface area contributed by atoms with E-state index in [4.69, 9.17) is 0 Å². The molecule has 3 rings (SSSR count). The molecule has 1 aliphatic rings. The van der Waals surface area contributed by atoms with E-state index in [-0.39, 0.29) is 12.5 Å². The van der Waals surface area contributed by atoms with Crippen LogP contribution in [0.1, 0.15) is 37.4 Å². The number of carbonyl (C=O) groups excluding carboxylic acids is 3. The highest BCUT2D eigenvalue weighted by Crippen LogP contribution is 2.22. The fourth-order valence-electron chi connectivity index (χ4n) is 3.01. The van der Waals surface area contributed by atoms with Gasteiger partial charge in [-0.1, -0.05) is 35.9 Å². The van der Waals surface area contributed by atoms with Gasteiger partial charge in [0.15, 0.2) is 0 Å². The SMILES string of the molecule is Cc1ccc(CN(C)C(=O)CN2C(=O)c3ccccc3C2=O)c(C)c1. The molecule has 0 aromatic heterocycles. The Labute approximate surface area is 146 Å². The third-order valence-electron chi connectivity index (χ3n) is 4.50. The van der Waals surface area contributed by atoms with Crippen LogP contribution in [0.15, 0.2) is 42.5 Å². The first-order valence-electron chi connectivity index (χ1n) is 8.14. The predicted molar refractivity (Wildman–Crippen MR) is 94.2 cm³/mol. The molecule has 1 aliphatic heterocycles. The Bertz CT molecular complexity index is 838. The molecule has 3 amide bonds. The number of nitrogens with zero attached hydrogens (tertiary/aromatic N) is 2. The Kier molecular flexibility index (Phi) is 4.40. The number of aryl methyl sites for hydroxylation is 2. The van der Waals surface area contributed by atoms with Gasteiger partial charge in [-0.3, -0.25) is 19.3 Å². The molecule has 5 nitrogen and oxygen atoms in total. The van der Waals surface area contributed by atoms with Crippen molar-refractivity contribution in [1.29, 1.82) is 0 Å². The summed E-state index contributed by atoms with van der Waals surface area (Å²) < 4.78 is 0. The molecule has 0 spiro atoms. The van der Waals surface area contributed by atoms with Gasteiger partial charge in [-0.25, -0.2) is 0 Å². The van der Waals surface area contributed by atoms with Gasteiger partial charge in [-0.05, 0) is 37.1 Å². The molecular formula is C20H20N2O3. The predicted octanol–water partition coefficient (Wildman–Crippen LogP) is 2.56. The number of hydrogen-bond donors (Lipinski definition) is 0. The van der Waals surface area contributed by atoms with Crippen LogP contribution in [0.25, 0.3) is 0 Å². The van der Waals surface area contributed by atoms with Crippen LogP contribution in [-0.2, 0) is 11.3 Å². The largest absolute Gasteiger partial charge is 0.340 e. The van der Waals surface area contributed by atoms with Crippen LogP contribution in [0.4, 0.5) is 0 Å². The Balaban J connectivity index is 1.70. The Morgan fingerprint density at radius 2 is 1.60 bits per heavy atom. The quantitative estimate of drug-likeness (QED) is 0.806. The standard InChI is InChI=1S/C20H20N2O3/c1-13-8-9-15(14(2)10-13)11-21(3)18(23)12-22-19(24)16-6-4-5-7-17(16)20(22)25/h4-10H,11-12H2,1-3H3. The molecule has 0 N–H and O–H groups in total. The van der Waals surface area contributed by atoms with E-state index < -0.39 is 11.8 Å². The van der Waals surface area contributed by atoms with Gasteiger partial charge in [0, 0.05) is 13.6 Å². The topological polar surface area (TPSA) is 57.7 Å². The monoisotopic (exact) mass is 336 g/mol. The van der Waals surface area contributed by atoms with Crippen LogP contribution < -0.4 is 0 Å². The van der Waals surface area contributed by atoms with Gasteiger partial charge < -0.3 is 4.90 Å². The van der Waals surface area contributed by atoms with Gasteiger partial charge in [-0.15, -0.1) is 0 Å². The molecular weight excluding hydrogens is 316 g/mol. The fraction of sp³-hybridized carbons (Fsp3) is 0.250. The average molecular weight is 336 g/mol. The van der Waals surface area contributed by atoms with E-state index >= 15 is 0 Å². The highest BCUT2D eigenvalue weighted by atomic mass is 16.2. The number of amides is 3. The minimum Gasteiger partial charge on any atom is -0.340 e. The maximum Gasteiger partial charge on any atom is 0.262 e. The van der Waals surface area contributed by atoms with Gasteiger partial charge in [-0.2, -0.15) is 0 Å². The number of benzene rings is 2. The number of hydrogen-bond acceptors (Lipinski definition) is 3. The molecule has 1 heterocycles. The minimum atomic E-state index is -0.408. The molecule has 5 heteroatoms. The van der Waals surface area contributed by atoms with Crippen LogP contribution >= 0.6 is 0 Å². The zero-order valence-corrected chi connectivity index (χ0v) is 14.6. The maximum atomic E-state index is 12.5. The lowest BCUT2D eigenvalue weighted by Crippen LogP contribution is -2.41. The first-order chi connectivity index (χ1) is 11.9. The van der Waals surface area contributed by atoms with Gasteiger partial charge in [0.25, 0.3) is 11.8 Å². The van der Waals surface area contributed by atoms with Crippen molar-refractivity contribution in [2.75, 3.05) is 13.6 Å². The second-order valence-electron chi connectivity index (χ2n) is 6.42. The van der Waals surface area contributed by atoms with Crippen LogP contribution in [0.2, 0.25) is 0 Å². The third-order valence-corrected chi connectivity index (χ3v) is 4.50. The summed E-state index contributed by atoms with van der Waals surface area (Å²) in [5, 5.41) is 0. The molecule has 0 unspecified atom stereocenters. The summed E-state index contributed by atoms with van der Waals surface area (Å²) in [5.74, 6) is -1.09. The molecule has 128 valence electrons. The van der Waals surface area contributed by atoms with Crippen molar-refractivity contribution in [2.45, 2.75) is 20.4 Å². The van der Waals surface area contributed by atoms with Crippen LogP contribution in [-0.4, -0.2) is 41.1 Å². The first kappa shape index (κ1) is 16.9. The number of fused-ring (bicyclic) bond motifs is 1. The molecule has 2 aromatic carbocycles. The second kappa shape index (κ2) is 6.51. The zero-order valence-electron chi connectivity index (χ0n) is 14.6. The average Bonchev–Trinajstić information content (AvgIpc) is 2.82. The van der Waals surface area contributed by atoms with Gasteiger partial charge in [0.05, 0.1) is 11.1 Å². The fourth-order valence-corrected chi connectivity index (χ4v) is 3.01. The molecule has 0 saturated heterocycles. The highest BCUT2D eigenvalue weighted by molar-refractivity contribution is 6.22. The molecule has 25 heavy (non-hydrogen) atoms. The molecule has 0 radical (unpaired) electrons. The van der Waals surface area contributed by atoms with Crippen molar-refractivity contribution < 1.29 is 14.4 Å². The summed E-state index contributed by atoms with van der Waals surface area (Å²) in [6.45, 7) is 4.22. The minimum absolute atomic E-state index is 0.242. The van der Waals surface area contributed by atoms with Crippen molar-refractivity contribution in [1.82, 2.24) is 9.80 Å². The van der Waals surface area contributed by atoms with E-state index in [1.165, 1.54) is 5.56 Å². The van der Waals surface area contributed by atoms with Gasteiger partial charge in [0.2, 0.25) is 5.91 Å². The van der Waals surface area contributed by atoms with Crippen molar-refractivity contribution in [3.63, 3.8) is 0 Å². The smallest absolute Gasteiger partial charge is 0.262 e. The molecule has 2 aromatic rings. The van der Waals surface area contributed by atoms with Crippen molar-refractivity contribution in [2.24, 2.45) is 0 Å². The Morgan fingerprint density at radius 1 is 1.00 bits per heavy atom. The van der Waals surface area contributed by atoms with Gasteiger partial charge in [0.1, 0.15) is 6.54 Å². The number of imide groups is 1. The van der Waals surface area contributed by atoms with Gasteiger partial charge >= 0.3 is 0 Å². The first-order valence-corrected chi connectivity index (χ1v) is 8.14. The van der Waals surface area contributed by atoms with E-state index in [2.05, 4.69) is 6.07 Å². The van der Waals surface area contributed by atoms with Crippen molar-refractivity contribution >= 4 is 17.7 Å². The summed E-state index contributed by atoms with van der Waals surface area (Å²) >= 11 is 0. The summed E-state index contributed by atoms with van der Waals surface area (Å²) in [6, 6.07) is 12.7. The summed E-state index contributed by atoms with van der Waals surface area (Å²) in [7, 11) is 1.68.